The summed E-state index contributed by atoms with van der Waals surface area (Å²) in [5.41, 5.74) is 0. The summed E-state index contributed by atoms with van der Waals surface area (Å²) in [6.45, 7) is 7.67. The Kier molecular flexibility index (Phi) is 10.8. The van der Waals surface area contributed by atoms with Crippen molar-refractivity contribution in [2.75, 3.05) is 44.7 Å². The van der Waals surface area contributed by atoms with Crippen LogP contribution in [0.2, 0.25) is 5.02 Å². The number of aliphatic imine (C=N–C) groups is 1. The van der Waals surface area contributed by atoms with E-state index in [1.165, 1.54) is 45.2 Å². The number of nitrogens with one attached hydrogen (secondary N) is 2. The molecule has 1 aromatic rings. The second-order valence-electron chi connectivity index (χ2n) is 7.97. The minimum Gasteiger partial charge on any atom is -0.356 e. The summed E-state index contributed by atoms with van der Waals surface area (Å²) in [6, 6.07) is 4.89. The Morgan fingerprint density at radius 3 is 2.90 bits per heavy atom. The Bertz CT molecular complexity index is 643. The molecule has 2 aliphatic rings. The van der Waals surface area contributed by atoms with Gasteiger partial charge in [-0.1, -0.05) is 18.0 Å². The molecule has 164 valence electrons. The zero-order chi connectivity index (χ0) is 19.8. The molecule has 0 radical (unpaired) electrons. The third-order valence-electron chi connectivity index (χ3n) is 5.90. The molecule has 0 aromatic carbocycles. The quantitative estimate of drug-likeness (QED) is 0.242. The van der Waals surface area contributed by atoms with E-state index in [1.54, 1.807) is 6.20 Å². The third kappa shape index (κ3) is 7.43. The largest absolute Gasteiger partial charge is 0.356 e. The number of hydrogen-bond donors (Lipinski definition) is 2. The standard InChI is InChI=1S/C21H35ClN6.HI/c1-17-8-3-5-13-27(17)14-6-4-11-25-21(23-2)26-18-10-15-28(16-18)20-19(22)9-7-12-24-20;/h7,9,12,17-18H,3-6,8,10-11,13-16H2,1-2H3,(H2,23,25,26);1H. The first-order chi connectivity index (χ1) is 13.7. The number of anilines is 1. The van der Waals surface area contributed by atoms with Crippen molar-refractivity contribution in [2.45, 2.75) is 57.5 Å². The number of unbranched alkanes of at least 4 members (excludes halogenated alkanes) is 1. The predicted octanol–water partition coefficient (Wildman–Crippen LogP) is 3.75. The minimum absolute atomic E-state index is 0. The van der Waals surface area contributed by atoms with Gasteiger partial charge in [0.15, 0.2) is 5.96 Å². The van der Waals surface area contributed by atoms with Gasteiger partial charge in [-0.3, -0.25) is 4.99 Å². The number of piperidine rings is 1. The SMILES string of the molecule is CN=C(NCCCCN1CCCCC1C)NC1CCN(c2ncccc2Cl)C1.I. The van der Waals surface area contributed by atoms with E-state index in [-0.39, 0.29) is 24.0 Å². The van der Waals surface area contributed by atoms with E-state index in [4.69, 9.17) is 11.6 Å². The number of halogens is 2. The molecular formula is C21H36ClIN6. The Labute approximate surface area is 197 Å². The fourth-order valence-electron chi connectivity index (χ4n) is 4.20. The van der Waals surface area contributed by atoms with Gasteiger partial charge >= 0.3 is 0 Å². The van der Waals surface area contributed by atoms with Crippen molar-refractivity contribution in [3.63, 3.8) is 0 Å². The van der Waals surface area contributed by atoms with Crippen LogP contribution in [0, 0.1) is 0 Å². The van der Waals surface area contributed by atoms with Gasteiger partial charge in [0.05, 0.1) is 5.02 Å². The van der Waals surface area contributed by atoms with Crippen LogP contribution in [-0.4, -0.2) is 67.7 Å². The number of rotatable bonds is 7. The van der Waals surface area contributed by atoms with Crippen molar-refractivity contribution < 1.29 is 0 Å². The van der Waals surface area contributed by atoms with Gasteiger partial charge in [-0.15, -0.1) is 24.0 Å². The highest BCUT2D eigenvalue weighted by molar-refractivity contribution is 14.0. The maximum Gasteiger partial charge on any atom is 0.191 e. The summed E-state index contributed by atoms with van der Waals surface area (Å²) in [7, 11) is 1.84. The zero-order valence-electron chi connectivity index (χ0n) is 17.7. The molecule has 29 heavy (non-hydrogen) atoms. The molecule has 2 aliphatic heterocycles. The third-order valence-corrected chi connectivity index (χ3v) is 6.19. The smallest absolute Gasteiger partial charge is 0.191 e. The van der Waals surface area contributed by atoms with Gasteiger partial charge in [0.1, 0.15) is 5.82 Å². The zero-order valence-corrected chi connectivity index (χ0v) is 20.8. The van der Waals surface area contributed by atoms with Crippen molar-refractivity contribution >= 4 is 47.4 Å². The van der Waals surface area contributed by atoms with Gasteiger partial charge in [-0.25, -0.2) is 4.98 Å². The van der Waals surface area contributed by atoms with E-state index in [0.717, 1.165) is 43.9 Å². The molecule has 6 nitrogen and oxygen atoms in total. The molecular weight excluding hydrogens is 499 g/mol. The van der Waals surface area contributed by atoms with Gasteiger partial charge in [-0.05, 0) is 64.3 Å². The highest BCUT2D eigenvalue weighted by atomic mass is 127. The van der Waals surface area contributed by atoms with Crippen molar-refractivity contribution in [1.29, 1.82) is 0 Å². The fraction of sp³-hybridized carbons (Fsp3) is 0.714. The second kappa shape index (κ2) is 12.8. The lowest BCUT2D eigenvalue weighted by atomic mass is 10.0. The normalized spacial score (nSPS) is 23.0. The van der Waals surface area contributed by atoms with Gasteiger partial charge in [0, 0.05) is 45.0 Å². The maximum atomic E-state index is 6.28. The number of hydrogen-bond acceptors (Lipinski definition) is 4. The number of guanidine groups is 1. The van der Waals surface area contributed by atoms with Gasteiger partial charge in [0.25, 0.3) is 0 Å². The molecule has 2 unspecified atom stereocenters. The summed E-state index contributed by atoms with van der Waals surface area (Å²) >= 11 is 6.28. The molecule has 2 atom stereocenters. The van der Waals surface area contributed by atoms with E-state index < -0.39 is 0 Å². The molecule has 2 saturated heterocycles. The number of pyridine rings is 1. The van der Waals surface area contributed by atoms with E-state index in [2.05, 4.69) is 37.3 Å². The second-order valence-corrected chi connectivity index (χ2v) is 8.38. The van der Waals surface area contributed by atoms with Crippen LogP contribution in [0.15, 0.2) is 23.3 Å². The Hall–Kier alpha value is -0.800. The van der Waals surface area contributed by atoms with Crippen LogP contribution in [-0.2, 0) is 0 Å². The lowest BCUT2D eigenvalue weighted by Crippen LogP contribution is -2.45. The van der Waals surface area contributed by atoms with Gasteiger partial charge in [-0.2, -0.15) is 0 Å². The molecule has 0 bridgehead atoms. The fourth-order valence-corrected chi connectivity index (χ4v) is 4.45. The summed E-state index contributed by atoms with van der Waals surface area (Å²) in [4.78, 5) is 13.7. The number of nitrogens with zero attached hydrogens (tertiary/aromatic N) is 4. The first-order valence-corrected chi connectivity index (χ1v) is 11.1. The van der Waals surface area contributed by atoms with Crippen molar-refractivity contribution in [3.05, 3.63) is 23.4 Å². The van der Waals surface area contributed by atoms with E-state index in [1.807, 2.05) is 19.2 Å². The lowest BCUT2D eigenvalue weighted by molar-refractivity contribution is 0.158. The predicted molar refractivity (Wildman–Crippen MR) is 134 cm³/mol. The molecule has 8 heteroatoms. The maximum absolute atomic E-state index is 6.28. The van der Waals surface area contributed by atoms with Crippen LogP contribution in [0.5, 0.6) is 0 Å². The number of aromatic nitrogens is 1. The topological polar surface area (TPSA) is 55.8 Å². The van der Waals surface area contributed by atoms with Crippen LogP contribution in [0.3, 0.4) is 0 Å². The highest BCUT2D eigenvalue weighted by Gasteiger charge is 2.25. The molecule has 1 aromatic heterocycles. The van der Waals surface area contributed by atoms with Crippen LogP contribution >= 0.6 is 35.6 Å². The summed E-state index contributed by atoms with van der Waals surface area (Å²) in [5, 5.41) is 7.74. The van der Waals surface area contributed by atoms with Crippen molar-refractivity contribution in [1.82, 2.24) is 20.5 Å². The first-order valence-electron chi connectivity index (χ1n) is 10.7. The average molecular weight is 535 g/mol. The molecule has 0 amide bonds. The van der Waals surface area contributed by atoms with Crippen molar-refractivity contribution in [2.24, 2.45) is 4.99 Å². The van der Waals surface area contributed by atoms with Gasteiger partial charge < -0.3 is 20.4 Å². The summed E-state index contributed by atoms with van der Waals surface area (Å²) in [6.07, 6.45) is 9.38. The Morgan fingerprint density at radius 1 is 1.28 bits per heavy atom. The van der Waals surface area contributed by atoms with Crippen LogP contribution in [0.1, 0.15) is 45.4 Å². The van der Waals surface area contributed by atoms with Crippen LogP contribution < -0.4 is 15.5 Å². The lowest BCUT2D eigenvalue weighted by Gasteiger charge is -2.33. The Balaban J connectivity index is 0.00000300. The summed E-state index contributed by atoms with van der Waals surface area (Å²) in [5.74, 6) is 1.77. The van der Waals surface area contributed by atoms with E-state index in [9.17, 15) is 0 Å². The molecule has 2 N–H and O–H groups in total. The van der Waals surface area contributed by atoms with Crippen LogP contribution in [0.4, 0.5) is 5.82 Å². The molecule has 0 spiro atoms. The average Bonchev–Trinajstić information content (AvgIpc) is 3.16. The van der Waals surface area contributed by atoms with Crippen molar-refractivity contribution in [3.8, 4) is 0 Å². The summed E-state index contributed by atoms with van der Waals surface area (Å²) < 4.78 is 0. The monoisotopic (exact) mass is 534 g/mol. The molecule has 2 fully saturated rings. The molecule has 0 saturated carbocycles. The van der Waals surface area contributed by atoms with E-state index >= 15 is 0 Å². The minimum atomic E-state index is 0. The highest BCUT2D eigenvalue weighted by Crippen LogP contribution is 2.25. The molecule has 3 heterocycles. The molecule has 3 rings (SSSR count). The first kappa shape index (κ1) is 24.5. The Morgan fingerprint density at radius 2 is 2.14 bits per heavy atom. The molecule has 0 aliphatic carbocycles. The van der Waals surface area contributed by atoms with Gasteiger partial charge in [0.2, 0.25) is 0 Å². The van der Waals surface area contributed by atoms with Crippen LogP contribution in [0.25, 0.3) is 0 Å². The van der Waals surface area contributed by atoms with E-state index in [0.29, 0.717) is 11.1 Å². The number of likely N-dealkylation sites (tertiary alicyclic amines) is 1.